The molecular weight excluding hydrogens is 351 g/mol. The van der Waals surface area contributed by atoms with E-state index in [4.69, 9.17) is 23.2 Å². The van der Waals surface area contributed by atoms with Crippen LogP contribution in [0, 0.1) is 0 Å². The Labute approximate surface area is 159 Å². The quantitative estimate of drug-likeness (QED) is 0.733. The summed E-state index contributed by atoms with van der Waals surface area (Å²) in [6.07, 6.45) is 4.94. The largest absolute Gasteiger partial charge is 0.367 e. The van der Waals surface area contributed by atoms with Crippen molar-refractivity contribution in [3.8, 4) is 11.1 Å². The monoisotopic (exact) mass is 372 g/mol. The molecule has 3 aliphatic heterocycles. The summed E-state index contributed by atoms with van der Waals surface area (Å²) in [5.74, 6) is 0.585. The van der Waals surface area contributed by atoms with Crippen molar-refractivity contribution in [1.29, 1.82) is 0 Å². The molecule has 0 unspecified atom stereocenters. The molecule has 2 nitrogen and oxygen atoms in total. The number of nitrogens with zero attached hydrogens (tertiary/aromatic N) is 1. The summed E-state index contributed by atoms with van der Waals surface area (Å²) in [5.41, 5.74) is 6.66. The van der Waals surface area contributed by atoms with Crippen LogP contribution in [0.3, 0.4) is 0 Å². The number of hydrogen-bond donors (Lipinski definition) is 1. The molecule has 1 fully saturated rings. The van der Waals surface area contributed by atoms with E-state index in [9.17, 15) is 0 Å². The van der Waals surface area contributed by atoms with Gasteiger partial charge >= 0.3 is 0 Å². The smallest absolute Gasteiger partial charge is 0.0499 e. The third kappa shape index (κ3) is 2.50. The zero-order valence-electron chi connectivity index (χ0n) is 14.2. The van der Waals surface area contributed by atoms with Crippen LogP contribution in [0.5, 0.6) is 0 Å². The van der Waals surface area contributed by atoms with Crippen molar-refractivity contribution in [2.45, 2.75) is 37.6 Å². The van der Waals surface area contributed by atoms with Gasteiger partial charge in [0.15, 0.2) is 0 Å². The van der Waals surface area contributed by atoms with Gasteiger partial charge in [-0.25, -0.2) is 0 Å². The van der Waals surface area contributed by atoms with E-state index >= 15 is 0 Å². The Morgan fingerprint density at radius 1 is 1.08 bits per heavy atom. The summed E-state index contributed by atoms with van der Waals surface area (Å²) in [4.78, 5) is 2.71. The highest BCUT2D eigenvalue weighted by Crippen LogP contribution is 2.49. The van der Waals surface area contributed by atoms with Crippen molar-refractivity contribution >= 4 is 28.9 Å². The Morgan fingerprint density at radius 2 is 1.92 bits per heavy atom. The Bertz CT molecular complexity index is 813. The molecule has 25 heavy (non-hydrogen) atoms. The minimum Gasteiger partial charge on any atom is -0.367 e. The zero-order valence-corrected chi connectivity index (χ0v) is 15.7. The fraction of sp³-hybridized carbons (Fsp3) is 0.429. The van der Waals surface area contributed by atoms with Crippen molar-refractivity contribution in [2.75, 3.05) is 24.5 Å². The molecule has 130 valence electrons. The lowest BCUT2D eigenvalue weighted by atomic mass is 9.87. The Kier molecular flexibility index (Phi) is 3.96. The molecule has 0 aliphatic carbocycles. The first-order valence-electron chi connectivity index (χ1n) is 9.32. The molecule has 5 rings (SSSR count). The summed E-state index contributed by atoms with van der Waals surface area (Å²) in [5, 5.41) is 5.08. The lowest BCUT2D eigenvalue weighted by Crippen LogP contribution is -2.44. The van der Waals surface area contributed by atoms with E-state index in [2.05, 4.69) is 22.3 Å². The second-order valence-electron chi connectivity index (χ2n) is 7.49. The number of piperidine rings is 1. The van der Waals surface area contributed by atoms with Crippen LogP contribution in [0.4, 0.5) is 5.69 Å². The van der Waals surface area contributed by atoms with Gasteiger partial charge in [0.25, 0.3) is 0 Å². The third-order valence-electron chi connectivity index (χ3n) is 6.10. The van der Waals surface area contributed by atoms with Gasteiger partial charge in [-0.2, -0.15) is 0 Å². The van der Waals surface area contributed by atoms with Crippen molar-refractivity contribution in [2.24, 2.45) is 0 Å². The number of anilines is 1. The Morgan fingerprint density at radius 3 is 2.76 bits per heavy atom. The maximum absolute atomic E-state index is 6.52. The molecule has 3 heterocycles. The van der Waals surface area contributed by atoms with Gasteiger partial charge in [0.2, 0.25) is 0 Å². The minimum absolute atomic E-state index is 0.585. The second-order valence-corrected chi connectivity index (χ2v) is 8.30. The topological polar surface area (TPSA) is 15.3 Å². The summed E-state index contributed by atoms with van der Waals surface area (Å²) in [6, 6.07) is 11.1. The van der Waals surface area contributed by atoms with Gasteiger partial charge in [-0.1, -0.05) is 29.3 Å². The van der Waals surface area contributed by atoms with Crippen LogP contribution in [-0.2, 0) is 6.42 Å². The first-order valence-corrected chi connectivity index (χ1v) is 10.1. The molecule has 2 aromatic carbocycles. The standard InChI is InChI=1S/C21H22Cl2N2/c22-17-5-3-6-18(23)20(17)14-10-13-4-1-2-9-25-19-7-8-24-12-16(19)15(11-14)21(13)25/h3,5-6,10-11,16,19,24H,1-2,4,7-9,12H2/t16-,19-/m0/s1. The summed E-state index contributed by atoms with van der Waals surface area (Å²) in [6.45, 7) is 3.41. The molecule has 0 bridgehead atoms. The third-order valence-corrected chi connectivity index (χ3v) is 6.73. The first kappa shape index (κ1) is 16.0. The second kappa shape index (κ2) is 6.19. The van der Waals surface area contributed by atoms with Crippen LogP contribution in [0.2, 0.25) is 10.0 Å². The van der Waals surface area contributed by atoms with Crippen molar-refractivity contribution in [1.82, 2.24) is 5.32 Å². The predicted molar refractivity (Wildman–Crippen MR) is 106 cm³/mol. The molecular formula is C21H22Cl2N2. The Balaban J connectivity index is 1.72. The van der Waals surface area contributed by atoms with Crippen molar-refractivity contribution < 1.29 is 0 Å². The average Bonchev–Trinajstić information content (AvgIpc) is 2.77. The van der Waals surface area contributed by atoms with E-state index < -0.39 is 0 Å². The molecule has 0 aromatic heterocycles. The Hall–Kier alpha value is -1.22. The number of halogens is 2. The summed E-state index contributed by atoms with van der Waals surface area (Å²) < 4.78 is 0. The predicted octanol–water partition coefficient (Wildman–Crippen LogP) is 5.26. The lowest BCUT2D eigenvalue weighted by Gasteiger charge is -2.33. The van der Waals surface area contributed by atoms with E-state index in [1.807, 2.05) is 18.2 Å². The van der Waals surface area contributed by atoms with Gasteiger partial charge in [-0.05, 0) is 73.2 Å². The van der Waals surface area contributed by atoms with Crippen LogP contribution in [-0.4, -0.2) is 25.7 Å². The number of fused-ring (bicyclic) bond motifs is 3. The highest BCUT2D eigenvalue weighted by Gasteiger charge is 2.41. The van der Waals surface area contributed by atoms with E-state index in [1.54, 1.807) is 0 Å². The number of hydrogen-bond acceptors (Lipinski definition) is 2. The normalized spacial score (nSPS) is 24.6. The minimum atomic E-state index is 0.585. The molecule has 0 saturated carbocycles. The number of benzene rings is 2. The molecule has 2 aromatic rings. The van der Waals surface area contributed by atoms with Gasteiger partial charge in [0, 0.05) is 46.3 Å². The number of nitrogens with one attached hydrogen (secondary N) is 1. The molecule has 3 aliphatic rings. The molecule has 1 N–H and O–H groups in total. The van der Waals surface area contributed by atoms with Gasteiger partial charge in [0.05, 0.1) is 0 Å². The maximum atomic E-state index is 6.52. The molecule has 0 radical (unpaired) electrons. The molecule has 1 saturated heterocycles. The highest BCUT2D eigenvalue weighted by atomic mass is 35.5. The maximum Gasteiger partial charge on any atom is 0.0499 e. The van der Waals surface area contributed by atoms with E-state index in [-0.39, 0.29) is 0 Å². The summed E-state index contributed by atoms with van der Waals surface area (Å²) in [7, 11) is 0. The SMILES string of the molecule is Clc1cccc(Cl)c1-c1cc2c3c(c1)[C@@H]1CNCC[C@@H]1N3CCCC2. The number of aryl methyl sites for hydroxylation is 1. The lowest BCUT2D eigenvalue weighted by molar-refractivity contribution is 0.401. The molecule has 0 spiro atoms. The van der Waals surface area contributed by atoms with E-state index in [0.717, 1.165) is 35.1 Å². The van der Waals surface area contributed by atoms with Gasteiger partial charge in [-0.15, -0.1) is 0 Å². The van der Waals surface area contributed by atoms with Crippen LogP contribution in [0.25, 0.3) is 11.1 Å². The van der Waals surface area contributed by atoms with Crippen LogP contribution in [0.1, 0.15) is 36.3 Å². The highest BCUT2D eigenvalue weighted by molar-refractivity contribution is 6.39. The number of rotatable bonds is 1. The molecule has 2 atom stereocenters. The van der Waals surface area contributed by atoms with Crippen LogP contribution in [0.15, 0.2) is 30.3 Å². The van der Waals surface area contributed by atoms with Gasteiger partial charge < -0.3 is 10.2 Å². The zero-order chi connectivity index (χ0) is 17.0. The van der Waals surface area contributed by atoms with Crippen LogP contribution < -0.4 is 10.2 Å². The van der Waals surface area contributed by atoms with Crippen LogP contribution >= 0.6 is 23.2 Å². The van der Waals surface area contributed by atoms with E-state index in [1.165, 1.54) is 48.2 Å². The van der Waals surface area contributed by atoms with Gasteiger partial charge in [-0.3, -0.25) is 0 Å². The van der Waals surface area contributed by atoms with E-state index in [0.29, 0.717) is 12.0 Å². The average molecular weight is 373 g/mol. The fourth-order valence-corrected chi connectivity index (χ4v) is 5.65. The molecule has 0 amide bonds. The van der Waals surface area contributed by atoms with Gasteiger partial charge in [0.1, 0.15) is 0 Å². The fourth-order valence-electron chi connectivity index (χ4n) is 5.04. The molecule has 4 heteroatoms. The van der Waals surface area contributed by atoms with Crippen molar-refractivity contribution in [3.05, 3.63) is 51.5 Å². The van der Waals surface area contributed by atoms with Crippen molar-refractivity contribution in [3.63, 3.8) is 0 Å². The first-order chi connectivity index (χ1) is 12.2. The summed E-state index contributed by atoms with van der Waals surface area (Å²) >= 11 is 13.0.